The van der Waals surface area contributed by atoms with E-state index in [0.29, 0.717) is 24.2 Å². The van der Waals surface area contributed by atoms with Crippen molar-refractivity contribution >= 4 is 33.8 Å². The molecule has 0 bridgehead atoms. The van der Waals surface area contributed by atoms with E-state index in [1.54, 1.807) is 6.20 Å². The van der Waals surface area contributed by atoms with Gasteiger partial charge in [-0.25, -0.2) is 9.78 Å². The predicted octanol–water partition coefficient (Wildman–Crippen LogP) is 6.70. The Labute approximate surface area is 224 Å². The average molecular weight is 517 g/mol. The highest BCUT2D eigenvalue weighted by Gasteiger charge is 2.33. The number of nitrogens with one attached hydrogen (secondary N) is 1. The van der Waals surface area contributed by atoms with Gasteiger partial charge in [0, 0.05) is 37.4 Å². The lowest BCUT2D eigenvalue weighted by Crippen LogP contribution is -2.41. The van der Waals surface area contributed by atoms with Gasteiger partial charge in [0.1, 0.15) is 5.65 Å². The molecule has 1 saturated heterocycles. The van der Waals surface area contributed by atoms with Crippen molar-refractivity contribution in [2.75, 3.05) is 24.5 Å². The highest BCUT2D eigenvalue weighted by molar-refractivity contribution is 6.09. The van der Waals surface area contributed by atoms with E-state index >= 15 is 0 Å². The minimum atomic E-state index is -0.955. The zero-order valence-corrected chi connectivity index (χ0v) is 22.8. The summed E-state index contributed by atoms with van der Waals surface area (Å²) in [5.41, 5.74) is 3.07. The van der Waals surface area contributed by atoms with Crippen molar-refractivity contribution in [2.45, 2.75) is 65.5 Å². The maximum Gasteiger partial charge on any atom is 0.413 e. The molecule has 2 N–H and O–H groups in total. The highest BCUT2D eigenvalue weighted by atomic mass is 16.4. The van der Waals surface area contributed by atoms with E-state index in [1.165, 1.54) is 10.5 Å². The first-order valence-corrected chi connectivity index (χ1v) is 14.1. The number of aromatic amines is 1. The molecule has 1 aromatic carbocycles. The van der Waals surface area contributed by atoms with Crippen molar-refractivity contribution in [2.24, 2.45) is 11.8 Å². The molecule has 8 nitrogen and oxygen atoms in total. The van der Waals surface area contributed by atoms with Crippen LogP contribution in [0.5, 0.6) is 0 Å². The molecular formula is C30H40N6O2. The maximum absolute atomic E-state index is 12.6. The largest absolute Gasteiger partial charge is 0.465 e. The van der Waals surface area contributed by atoms with Gasteiger partial charge in [-0.3, -0.25) is 14.5 Å². The normalized spacial score (nSPS) is 19.2. The van der Waals surface area contributed by atoms with Crippen molar-refractivity contribution in [3.8, 4) is 0 Å². The first-order chi connectivity index (χ1) is 18.5. The summed E-state index contributed by atoms with van der Waals surface area (Å²) in [7, 11) is 0. The number of fused-ring (bicyclic) bond motifs is 3. The number of nitrogens with zero attached hydrogens (tertiary/aromatic N) is 5. The number of amides is 1. The van der Waals surface area contributed by atoms with Gasteiger partial charge in [-0.2, -0.15) is 5.10 Å². The van der Waals surface area contributed by atoms with E-state index < -0.39 is 6.09 Å². The fourth-order valence-corrected chi connectivity index (χ4v) is 5.90. The van der Waals surface area contributed by atoms with E-state index in [9.17, 15) is 9.90 Å². The molecule has 0 saturated carbocycles. The van der Waals surface area contributed by atoms with Gasteiger partial charge in [-0.15, -0.1) is 0 Å². The third kappa shape index (κ3) is 5.27. The van der Waals surface area contributed by atoms with Crippen LogP contribution in [-0.4, -0.2) is 55.5 Å². The number of piperidine rings is 1. The van der Waals surface area contributed by atoms with Crippen LogP contribution in [0.1, 0.15) is 64.5 Å². The minimum Gasteiger partial charge on any atom is -0.465 e. The molecule has 3 aromatic heterocycles. The molecule has 4 aromatic rings. The zero-order valence-electron chi connectivity index (χ0n) is 22.8. The van der Waals surface area contributed by atoms with E-state index in [0.717, 1.165) is 73.7 Å². The van der Waals surface area contributed by atoms with Crippen molar-refractivity contribution < 1.29 is 9.90 Å². The second-order valence-corrected chi connectivity index (χ2v) is 10.9. The second-order valence-electron chi connectivity index (χ2n) is 10.9. The van der Waals surface area contributed by atoms with Crippen LogP contribution in [0.2, 0.25) is 0 Å². The third-order valence-corrected chi connectivity index (χ3v) is 8.27. The number of carbonyl (C=O) groups is 1. The Morgan fingerprint density at radius 1 is 1.21 bits per heavy atom. The first-order valence-electron chi connectivity index (χ1n) is 14.1. The molecule has 1 amide bonds. The van der Waals surface area contributed by atoms with Gasteiger partial charge in [-0.1, -0.05) is 70.4 Å². The highest BCUT2D eigenvalue weighted by Crippen LogP contribution is 2.37. The Morgan fingerprint density at radius 2 is 2.03 bits per heavy atom. The van der Waals surface area contributed by atoms with E-state index in [-0.39, 0.29) is 6.04 Å². The molecule has 1 fully saturated rings. The van der Waals surface area contributed by atoms with Gasteiger partial charge in [0.25, 0.3) is 0 Å². The summed E-state index contributed by atoms with van der Waals surface area (Å²) in [5.74, 6) is 1.21. The molecule has 5 rings (SSSR count). The average Bonchev–Trinajstić information content (AvgIpc) is 3.55. The molecule has 3 atom stereocenters. The van der Waals surface area contributed by atoms with Crippen LogP contribution < -0.4 is 4.90 Å². The maximum atomic E-state index is 12.6. The quantitative estimate of drug-likeness (QED) is 0.245. The van der Waals surface area contributed by atoms with Gasteiger partial charge in [0.2, 0.25) is 0 Å². The van der Waals surface area contributed by atoms with E-state index in [1.807, 2.05) is 12.3 Å². The number of carboxylic acid groups (broad SMARTS) is 1. The Hall–Kier alpha value is -3.39. The molecular weight excluding hydrogens is 476 g/mol. The lowest BCUT2D eigenvalue weighted by Gasteiger charge is -2.37. The van der Waals surface area contributed by atoms with Crippen molar-refractivity contribution in [1.82, 2.24) is 24.6 Å². The van der Waals surface area contributed by atoms with Gasteiger partial charge in [-0.05, 0) is 42.9 Å². The summed E-state index contributed by atoms with van der Waals surface area (Å²) >= 11 is 0. The Morgan fingerprint density at radius 3 is 2.76 bits per heavy atom. The molecule has 1 aliphatic heterocycles. The fraction of sp³-hybridized carbons (Fsp3) is 0.500. The van der Waals surface area contributed by atoms with Crippen LogP contribution in [-0.2, 0) is 6.54 Å². The Kier molecular flexibility index (Phi) is 7.98. The summed E-state index contributed by atoms with van der Waals surface area (Å²) in [4.78, 5) is 24.5. The van der Waals surface area contributed by atoms with Crippen LogP contribution in [0.15, 0.2) is 48.8 Å². The van der Waals surface area contributed by atoms with Crippen LogP contribution >= 0.6 is 0 Å². The Balaban J connectivity index is 1.56. The number of H-pyrrole nitrogens is 1. The number of rotatable bonds is 10. The predicted molar refractivity (Wildman–Crippen MR) is 153 cm³/mol. The second kappa shape index (κ2) is 11.6. The number of hydrogen-bond acceptors (Lipinski definition) is 4. The number of aromatic nitrogens is 4. The summed E-state index contributed by atoms with van der Waals surface area (Å²) in [6.45, 7) is 9.86. The van der Waals surface area contributed by atoms with Gasteiger partial charge >= 0.3 is 6.09 Å². The summed E-state index contributed by atoms with van der Waals surface area (Å²) in [6, 6.07) is 12.7. The molecule has 38 heavy (non-hydrogen) atoms. The van der Waals surface area contributed by atoms with Gasteiger partial charge in [0.15, 0.2) is 5.82 Å². The van der Waals surface area contributed by atoms with Crippen LogP contribution in [0.25, 0.3) is 21.9 Å². The molecule has 0 spiro atoms. The van der Waals surface area contributed by atoms with Crippen molar-refractivity contribution in [1.29, 1.82) is 0 Å². The molecule has 0 radical (unpaired) electrons. The molecule has 4 heterocycles. The summed E-state index contributed by atoms with van der Waals surface area (Å²) in [6.07, 6.45) is 7.97. The summed E-state index contributed by atoms with van der Waals surface area (Å²) in [5, 5.41) is 17.2. The first kappa shape index (κ1) is 26.2. The summed E-state index contributed by atoms with van der Waals surface area (Å²) < 4.78 is 2.12. The van der Waals surface area contributed by atoms with Crippen LogP contribution in [0, 0.1) is 11.8 Å². The van der Waals surface area contributed by atoms with Gasteiger partial charge in [0.05, 0.1) is 16.9 Å². The number of benzene rings is 1. The molecule has 1 aliphatic rings. The lowest BCUT2D eigenvalue weighted by molar-refractivity contribution is 0.122. The van der Waals surface area contributed by atoms with E-state index in [4.69, 9.17) is 5.10 Å². The van der Waals surface area contributed by atoms with Crippen LogP contribution in [0.4, 0.5) is 10.6 Å². The number of anilines is 1. The lowest BCUT2D eigenvalue weighted by atomic mass is 9.93. The zero-order chi connectivity index (χ0) is 26.6. The van der Waals surface area contributed by atoms with E-state index in [2.05, 4.69) is 70.7 Å². The number of pyridine rings is 1. The van der Waals surface area contributed by atoms with Crippen molar-refractivity contribution in [3.05, 3.63) is 54.4 Å². The topological polar surface area (TPSA) is 90.3 Å². The molecule has 0 aliphatic carbocycles. The number of likely N-dealkylation sites (tertiary alicyclic amines) is 1. The standard InChI is InChI=1S/C30H40N6O2/c1-4-6-10-22(5-2)19-35(30(37)38)29-25-17-32-28-24(13-15-31-28)27(25)36(33-29)26-20-34(16-14-21(26)3)18-23-11-8-7-9-12-23/h7-9,11-13,15,17,21-22,26H,4-6,10,14,16,18-20H2,1-3H3,(H,31,32)(H,37,38)/t21-,22-,26-/m1/s1. The van der Waals surface area contributed by atoms with Gasteiger partial charge < -0.3 is 10.1 Å². The fourth-order valence-electron chi connectivity index (χ4n) is 5.90. The number of unbranched alkanes of at least 4 members (excludes halogenated alkanes) is 1. The SMILES string of the molecule is CCCC[C@@H](CC)CN(C(=O)O)c1nn([C@@H]2CN(Cc3ccccc3)CC[C@H]2C)c2c1cnc1[nH]ccc12. The molecule has 0 unspecified atom stereocenters. The van der Waals surface area contributed by atoms with Crippen molar-refractivity contribution in [3.63, 3.8) is 0 Å². The smallest absolute Gasteiger partial charge is 0.413 e. The molecule has 202 valence electrons. The van der Waals surface area contributed by atoms with Crippen LogP contribution in [0.3, 0.4) is 0 Å². The Bertz CT molecular complexity index is 1360. The number of hydrogen-bond donors (Lipinski definition) is 2. The molecule has 8 heteroatoms. The minimum absolute atomic E-state index is 0.127. The third-order valence-electron chi connectivity index (χ3n) is 8.27. The monoisotopic (exact) mass is 516 g/mol.